The minimum atomic E-state index is -0.441. The maximum Gasteiger partial charge on any atom is 0.317 e. The lowest BCUT2D eigenvalue weighted by Gasteiger charge is -2.36. The second-order valence-electron chi connectivity index (χ2n) is 6.66. The Labute approximate surface area is 148 Å². The van der Waals surface area contributed by atoms with Crippen molar-refractivity contribution in [2.24, 2.45) is 0 Å². The van der Waals surface area contributed by atoms with Crippen LogP contribution in [0.25, 0.3) is 10.9 Å². The first-order chi connectivity index (χ1) is 12.1. The number of hydrogen-bond donors (Lipinski definition) is 2. The third-order valence-electron chi connectivity index (χ3n) is 4.63. The number of hydrogen-bond acceptors (Lipinski definition) is 3. The zero-order valence-corrected chi connectivity index (χ0v) is 14.7. The summed E-state index contributed by atoms with van der Waals surface area (Å²) in [5.41, 5.74) is 1.22. The van der Waals surface area contributed by atoms with Crippen molar-refractivity contribution in [1.82, 2.24) is 14.8 Å². The summed E-state index contributed by atoms with van der Waals surface area (Å²) in [6, 6.07) is 10.3. The molecule has 3 rings (SSSR count). The number of rotatable bonds is 6. The average Bonchev–Trinajstić information content (AvgIpc) is 3.02. The van der Waals surface area contributed by atoms with Gasteiger partial charge >= 0.3 is 6.03 Å². The fourth-order valence-electron chi connectivity index (χ4n) is 3.39. The van der Waals surface area contributed by atoms with Crippen LogP contribution in [0.3, 0.4) is 0 Å². The van der Waals surface area contributed by atoms with Gasteiger partial charge in [-0.15, -0.1) is 0 Å². The molecule has 0 bridgehead atoms. The molecular formula is C19H27N3O3. The number of carbonyl (C=O) groups is 1. The summed E-state index contributed by atoms with van der Waals surface area (Å²) in [6.45, 7) is 4.86. The smallest absolute Gasteiger partial charge is 0.317 e. The minimum absolute atomic E-state index is 0.0536. The fraction of sp³-hybridized carbons (Fsp3) is 0.526. The van der Waals surface area contributed by atoms with Crippen LogP contribution in [-0.2, 0) is 11.3 Å². The monoisotopic (exact) mass is 345 g/mol. The summed E-state index contributed by atoms with van der Waals surface area (Å²) >= 11 is 0. The van der Waals surface area contributed by atoms with E-state index in [9.17, 15) is 9.90 Å². The van der Waals surface area contributed by atoms with Crippen molar-refractivity contribution in [2.75, 3.05) is 26.3 Å². The van der Waals surface area contributed by atoms with Gasteiger partial charge in [-0.05, 0) is 37.3 Å². The number of aliphatic hydroxyl groups is 1. The number of carbonyl (C=O) groups excluding carboxylic acids is 1. The first kappa shape index (κ1) is 17.8. The molecule has 1 aromatic heterocycles. The molecule has 1 saturated heterocycles. The van der Waals surface area contributed by atoms with Crippen LogP contribution in [0, 0.1) is 0 Å². The van der Waals surface area contributed by atoms with Crippen LogP contribution in [0.2, 0.25) is 0 Å². The van der Waals surface area contributed by atoms with Crippen molar-refractivity contribution in [3.8, 4) is 0 Å². The number of ether oxygens (including phenoxy) is 1. The van der Waals surface area contributed by atoms with E-state index in [1.165, 1.54) is 10.9 Å². The third-order valence-corrected chi connectivity index (χ3v) is 4.63. The fourth-order valence-corrected chi connectivity index (χ4v) is 3.39. The SMILES string of the molecule is C[C@H](O)C[C@@H]1COCCN1C(=O)NCCCn1ccc2ccccc21. The van der Waals surface area contributed by atoms with Gasteiger partial charge < -0.3 is 24.6 Å². The number of nitrogens with one attached hydrogen (secondary N) is 1. The molecule has 6 nitrogen and oxygen atoms in total. The number of aliphatic hydroxyl groups excluding tert-OH is 1. The Morgan fingerprint density at radius 1 is 1.40 bits per heavy atom. The molecule has 2 N–H and O–H groups in total. The van der Waals surface area contributed by atoms with Gasteiger partial charge in [0, 0.05) is 31.3 Å². The number of aryl methyl sites for hydroxylation is 1. The molecule has 0 saturated carbocycles. The predicted octanol–water partition coefficient (Wildman–Crippen LogP) is 2.21. The molecule has 1 aliphatic rings. The van der Waals surface area contributed by atoms with E-state index in [1.54, 1.807) is 11.8 Å². The van der Waals surface area contributed by atoms with Gasteiger partial charge in [-0.3, -0.25) is 0 Å². The van der Waals surface area contributed by atoms with Crippen LogP contribution < -0.4 is 5.32 Å². The van der Waals surface area contributed by atoms with E-state index in [0.717, 1.165) is 13.0 Å². The van der Waals surface area contributed by atoms with Gasteiger partial charge in [0.25, 0.3) is 0 Å². The molecule has 0 aliphatic carbocycles. The maximum atomic E-state index is 12.4. The van der Waals surface area contributed by atoms with E-state index < -0.39 is 6.10 Å². The lowest BCUT2D eigenvalue weighted by atomic mass is 10.1. The number of fused-ring (bicyclic) bond motifs is 1. The highest BCUT2D eigenvalue weighted by Crippen LogP contribution is 2.15. The Balaban J connectivity index is 1.47. The Morgan fingerprint density at radius 2 is 2.24 bits per heavy atom. The molecule has 0 radical (unpaired) electrons. The second-order valence-corrected chi connectivity index (χ2v) is 6.66. The number of morpholine rings is 1. The molecular weight excluding hydrogens is 318 g/mol. The number of benzene rings is 1. The molecule has 1 aromatic carbocycles. The van der Waals surface area contributed by atoms with E-state index in [4.69, 9.17) is 4.74 Å². The third kappa shape index (κ3) is 4.52. The summed E-state index contributed by atoms with van der Waals surface area (Å²) in [5, 5.41) is 13.8. The van der Waals surface area contributed by atoms with Crippen molar-refractivity contribution in [3.63, 3.8) is 0 Å². The molecule has 2 aromatic rings. The molecule has 2 heterocycles. The first-order valence-corrected chi connectivity index (χ1v) is 8.99. The Kier molecular flexibility index (Phi) is 5.94. The van der Waals surface area contributed by atoms with Gasteiger partial charge in [0.15, 0.2) is 0 Å². The van der Waals surface area contributed by atoms with Crippen LogP contribution >= 0.6 is 0 Å². The number of aromatic nitrogens is 1. The summed E-state index contributed by atoms with van der Waals surface area (Å²) in [7, 11) is 0. The zero-order valence-electron chi connectivity index (χ0n) is 14.7. The largest absolute Gasteiger partial charge is 0.393 e. The summed E-state index contributed by atoms with van der Waals surface area (Å²) in [5.74, 6) is 0. The van der Waals surface area contributed by atoms with Crippen molar-refractivity contribution >= 4 is 16.9 Å². The second kappa shape index (κ2) is 8.36. The van der Waals surface area contributed by atoms with Gasteiger partial charge in [0.05, 0.1) is 25.4 Å². The number of nitrogens with zero attached hydrogens (tertiary/aromatic N) is 2. The number of para-hydroxylation sites is 1. The summed E-state index contributed by atoms with van der Waals surface area (Å²) in [6.07, 6.45) is 3.06. The van der Waals surface area contributed by atoms with Crippen LogP contribution in [0.15, 0.2) is 36.5 Å². The summed E-state index contributed by atoms with van der Waals surface area (Å²) in [4.78, 5) is 14.2. The Morgan fingerprint density at radius 3 is 3.08 bits per heavy atom. The predicted molar refractivity (Wildman–Crippen MR) is 97.6 cm³/mol. The van der Waals surface area contributed by atoms with Gasteiger partial charge in [0.1, 0.15) is 0 Å². The lowest BCUT2D eigenvalue weighted by Crippen LogP contribution is -2.53. The van der Waals surface area contributed by atoms with Crippen LogP contribution in [0.4, 0.5) is 4.79 Å². The number of amides is 2. The van der Waals surface area contributed by atoms with Crippen LogP contribution in [0.1, 0.15) is 19.8 Å². The maximum absolute atomic E-state index is 12.4. The van der Waals surface area contributed by atoms with E-state index in [0.29, 0.717) is 32.7 Å². The zero-order chi connectivity index (χ0) is 17.6. The van der Waals surface area contributed by atoms with Gasteiger partial charge in [-0.1, -0.05) is 18.2 Å². The van der Waals surface area contributed by atoms with E-state index in [1.807, 2.05) is 12.1 Å². The van der Waals surface area contributed by atoms with Gasteiger partial charge in [-0.2, -0.15) is 0 Å². The normalized spacial score (nSPS) is 19.1. The molecule has 0 unspecified atom stereocenters. The van der Waals surface area contributed by atoms with E-state index in [-0.39, 0.29) is 12.1 Å². The highest BCUT2D eigenvalue weighted by atomic mass is 16.5. The van der Waals surface area contributed by atoms with Gasteiger partial charge in [-0.25, -0.2) is 4.79 Å². The van der Waals surface area contributed by atoms with Crippen molar-refractivity contribution in [1.29, 1.82) is 0 Å². The molecule has 136 valence electrons. The first-order valence-electron chi connectivity index (χ1n) is 8.99. The topological polar surface area (TPSA) is 66.7 Å². The molecule has 0 spiro atoms. The summed E-state index contributed by atoms with van der Waals surface area (Å²) < 4.78 is 7.66. The molecule has 2 atom stereocenters. The van der Waals surface area contributed by atoms with Crippen molar-refractivity contribution in [3.05, 3.63) is 36.5 Å². The quantitative estimate of drug-likeness (QED) is 0.789. The molecule has 25 heavy (non-hydrogen) atoms. The standard InChI is InChI=1S/C19H27N3O3/c1-15(23)13-17-14-25-12-11-22(17)19(24)20-8-4-9-21-10-7-16-5-2-3-6-18(16)21/h2-3,5-7,10,15,17,23H,4,8-9,11-14H2,1H3,(H,20,24)/t15-,17+/m0/s1. The average molecular weight is 345 g/mol. The Bertz CT molecular complexity index is 698. The van der Waals surface area contributed by atoms with Crippen LogP contribution in [0.5, 0.6) is 0 Å². The highest BCUT2D eigenvalue weighted by molar-refractivity contribution is 5.79. The minimum Gasteiger partial charge on any atom is -0.393 e. The molecule has 1 aliphatic heterocycles. The number of urea groups is 1. The molecule has 1 fully saturated rings. The Hall–Kier alpha value is -2.05. The van der Waals surface area contributed by atoms with E-state index >= 15 is 0 Å². The van der Waals surface area contributed by atoms with Crippen LogP contribution in [-0.4, -0.2) is 59.1 Å². The van der Waals surface area contributed by atoms with Crippen molar-refractivity contribution < 1.29 is 14.6 Å². The van der Waals surface area contributed by atoms with Gasteiger partial charge in [0.2, 0.25) is 0 Å². The molecule has 2 amide bonds. The molecule has 6 heteroatoms. The highest BCUT2D eigenvalue weighted by Gasteiger charge is 2.27. The van der Waals surface area contributed by atoms with Crippen molar-refractivity contribution in [2.45, 2.75) is 38.5 Å². The lowest BCUT2D eigenvalue weighted by molar-refractivity contribution is -0.00429. The van der Waals surface area contributed by atoms with E-state index in [2.05, 4.69) is 34.3 Å².